The van der Waals surface area contributed by atoms with Gasteiger partial charge in [0.15, 0.2) is 0 Å². The van der Waals surface area contributed by atoms with E-state index in [1.165, 1.54) is 0 Å². The molecule has 0 radical (unpaired) electrons. The summed E-state index contributed by atoms with van der Waals surface area (Å²) in [5.74, 6) is 1.35. The second kappa shape index (κ2) is 14.9. The summed E-state index contributed by atoms with van der Waals surface area (Å²) in [6, 6.07) is 0. The van der Waals surface area contributed by atoms with Gasteiger partial charge in [0.2, 0.25) is 5.91 Å². The van der Waals surface area contributed by atoms with Crippen molar-refractivity contribution in [1.29, 1.82) is 0 Å². The first kappa shape index (κ1) is 34.0. The molecule has 3 N–H and O–H groups in total. The zero-order chi connectivity index (χ0) is 29.1. The van der Waals surface area contributed by atoms with Crippen LogP contribution in [0.25, 0.3) is 0 Å². The molecule has 2 rings (SSSR count). The van der Waals surface area contributed by atoms with Crippen LogP contribution in [0, 0.1) is 17.3 Å². The number of nitrogens with zero attached hydrogens (tertiary/aromatic N) is 2. The zero-order valence-corrected chi connectivity index (χ0v) is 25.7. The highest BCUT2D eigenvalue weighted by molar-refractivity contribution is 5.81. The number of likely N-dealkylation sites (tertiary alicyclic amines) is 2. The van der Waals surface area contributed by atoms with Gasteiger partial charge in [-0.3, -0.25) is 4.79 Å². The number of ether oxygens (including phenoxy) is 2. The maximum absolute atomic E-state index is 12.0. The fourth-order valence-corrected chi connectivity index (χ4v) is 4.35. The molecule has 0 aliphatic carbocycles. The van der Waals surface area contributed by atoms with Crippen molar-refractivity contribution in [3.05, 3.63) is 0 Å². The second-order valence-corrected chi connectivity index (χ2v) is 13.7. The molecule has 0 bridgehead atoms. The molecule has 0 atom stereocenters. The molecule has 0 spiro atoms. The fraction of sp³-hybridized carbons (Fsp3) is 0.897. The van der Waals surface area contributed by atoms with E-state index in [0.717, 1.165) is 71.2 Å². The van der Waals surface area contributed by atoms with E-state index < -0.39 is 11.2 Å². The molecule has 0 aromatic rings. The summed E-state index contributed by atoms with van der Waals surface area (Å²) in [5, 5.41) is 2.99. The first-order chi connectivity index (χ1) is 17.4. The fourth-order valence-electron chi connectivity index (χ4n) is 4.35. The van der Waals surface area contributed by atoms with Crippen molar-refractivity contribution in [3.8, 4) is 0 Å². The molecule has 222 valence electrons. The van der Waals surface area contributed by atoms with Crippen LogP contribution in [0.3, 0.4) is 0 Å². The summed E-state index contributed by atoms with van der Waals surface area (Å²) in [6.07, 6.45) is 5.71. The molecule has 0 aromatic heterocycles. The highest BCUT2D eigenvalue weighted by Gasteiger charge is 2.28. The first-order valence-electron chi connectivity index (χ1n) is 14.4. The Morgan fingerprint density at radius 1 is 0.711 bits per heavy atom. The number of nitrogens with one attached hydrogen (secondary N) is 1. The van der Waals surface area contributed by atoms with Crippen LogP contribution in [0.1, 0.15) is 101 Å². The van der Waals surface area contributed by atoms with Gasteiger partial charge in [0.1, 0.15) is 11.2 Å². The number of amides is 3. The Labute approximate surface area is 231 Å². The summed E-state index contributed by atoms with van der Waals surface area (Å²) in [7, 11) is 0. The molecule has 0 unspecified atom stereocenters. The van der Waals surface area contributed by atoms with E-state index in [9.17, 15) is 14.4 Å². The molecule has 0 saturated carbocycles. The molecular weight excluding hydrogens is 484 g/mol. The number of hydrogen-bond acceptors (Lipinski definition) is 6. The van der Waals surface area contributed by atoms with E-state index in [-0.39, 0.29) is 23.5 Å². The van der Waals surface area contributed by atoms with Gasteiger partial charge in [-0.15, -0.1) is 0 Å². The molecule has 2 saturated heterocycles. The third-order valence-electron chi connectivity index (χ3n) is 6.63. The quantitative estimate of drug-likeness (QED) is 0.497. The van der Waals surface area contributed by atoms with E-state index in [4.69, 9.17) is 15.2 Å². The van der Waals surface area contributed by atoms with Crippen LogP contribution in [0.15, 0.2) is 0 Å². The zero-order valence-electron chi connectivity index (χ0n) is 25.7. The lowest BCUT2D eigenvalue weighted by Crippen LogP contribution is -2.42. The molecule has 0 aromatic carbocycles. The van der Waals surface area contributed by atoms with Gasteiger partial charge in [-0.2, -0.15) is 0 Å². The Morgan fingerprint density at radius 3 is 1.39 bits per heavy atom. The summed E-state index contributed by atoms with van der Waals surface area (Å²) >= 11 is 0. The number of hydrogen-bond donors (Lipinski definition) is 2. The van der Waals surface area contributed by atoms with Crippen molar-refractivity contribution < 1.29 is 23.9 Å². The van der Waals surface area contributed by atoms with Crippen LogP contribution in [0.2, 0.25) is 0 Å². The highest BCUT2D eigenvalue weighted by Crippen LogP contribution is 2.23. The summed E-state index contributed by atoms with van der Waals surface area (Å²) in [5.41, 5.74) is 4.36. The van der Waals surface area contributed by atoms with Crippen LogP contribution < -0.4 is 11.1 Å². The maximum Gasteiger partial charge on any atom is 0.410 e. The van der Waals surface area contributed by atoms with Gasteiger partial charge in [0, 0.05) is 38.1 Å². The molecule has 3 amide bonds. The topological polar surface area (TPSA) is 114 Å². The Bertz CT molecular complexity index is 736. The Hall–Kier alpha value is -2.03. The lowest BCUT2D eigenvalue weighted by Gasteiger charge is -2.33. The van der Waals surface area contributed by atoms with Crippen molar-refractivity contribution >= 4 is 18.1 Å². The smallest absolute Gasteiger partial charge is 0.410 e. The lowest BCUT2D eigenvalue weighted by molar-refractivity contribution is -0.128. The highest BCUT2D eigenvalue weighted by atomic mass is 16.6. The van der Waals surface area contributed by atoms with Crippen LogP contribution in [-0.4, -0.2) is 78.4 Å². The Kier molecular flexibility index (Phi) is 13.4. The average molecular weight is 541 g/mol. The summed E-state index contributed by atoms with van der Waals surface area (Å²) in [4.78, 5) is 39.1. The molecule has 2 aliphatic rings. The van der Waals surface area contributed by atoms with Gasteiger partial charge in [0.05, 0.1) is 0 Å². The van der Waals surface area contributed by atoms with Crippen LogP contribution >= 0.6 is 0 Å². The monoisotopic (exact) mass is 540 g/mol. The number of carbonyl (C=O) groups excluding carboxylic acids is 3. The van der Waals surface area contributed by atoms with Gasteiger partial charge in [-0.05, 0) is 98.4 Å². The maximum atomic E-state index is 12.0. The molecule has 38 heavy (non-hydrogen) atoms. The van der Waals surface area contributed by atoms with E-state index in [2.05, 4.69) is 5.32 Å². The molecule has 2 aliphatic heterocycles. The number of carbonyl (C=O) groups is 3. The van der Waals surface area contributed by atoms with Crippen molar-refractivity contribution in [1.82, 2.24) is 15.1 Å². The van der Waals surface area contributed by atoms with Gasteiger partial charge < -0.3 is 30.3 Å². The second-order valence-electron chi connectivity index (χ2n) is 13.7. The van der Waals surface area contributed by atoms with E-state index >= 15 is 0 Å². The first-order valence-corrected chi connectivity index (χ1v) is 14.4. The third-order valence-corrected chi connectivity index (χ3v) is 6.63. The van der Waals surface area contributed by atoms with Crippen LogP contribution in [0.5, 0.6) is 0 Å². The van der Waals surface area contributed by atoms with Crippen LogP contribution in [0.4, 0.5) is 9.59 Å². The average Bonchev–Trinajstić information content (AvgIpc) is 2.77. The minimum absolute atomic E-state index is 0.0960. The van der Waals surface area contributed by atoms with Gasteiger partial charge >= 0.3 is 12.2 Å². The van der Waals surface area contributed by atoms with Crippen molar-refractivity contribution in [2.24, 2.45) is 23.0 Å². The minimum Gasteiger partial charge on any atom is -0.444 e. The molecule has 2 fully saturated rings. The van der Waals surface area contributed by atoms with Gasteiger partial charge in [-0.1, -0.05) is 20.8 Å². The summed E-state index contributed by atoms with van der Waals surface area (Å²) < 4.78 is 10.7. The van der Waals surface area contributed by atoms with E-state index in [0.29, 0.717) is 18.4 Å². The predicted octanol–water partition coefficient (Wildman–Crippen LogP) is 5.17. The van der Waals surface area contributed by atoms with Gasteiger partial charge in [0.25, 0.3) is 0 Å². The van der Waals surface area contributed by atoms with Crippen molar-refractivity contribution in [2.45, 2.75) is 112 Å². The van der Waals surface area contributed by atoms with Gasteiger partial charge in [-0.25, -0.2) is 9.59 Å². The Morgan fingerprint density at radius 2 is 1.08 bits per heavy atom. The molecule has 2 heterocycles. The van der Waals surface area contributed by atoms with E-state index in [1.807, 2.05) is 62.3 Å². The SMILES string of the molecule is CC(C)(C)OC(=O)N1CCC(CCN)CC1.CC(C)(C)OC(=O)N1CCC(CCNC(=O)C(C)(C)C)CC1. The summed E-state index contributed by atoms with van der Waals surface area (Å²) in [6.45, 7) is 21.7. The third kappa shape index (κ3) is 14.2. The number of nitrogens with two attached hydrogens (primary N) is 1. The lowest BCUT2D eigenvalue weighted by atomic mass is 9.92. The predicted molar refractivity (Wildman–Crippen MR) is 152 cm³/mol. The Balaban J connectivity index is 0.000000399. The molecular formula is C29H56N4O5. The minimum atomic E-state index is -0.439. The normalized spacial score (nSPS) is 17.8. The largest absolute Gasteiger partial charge is 0.444 e. The molecule has 9 nitrogen and oxygen atoms in total. The number of piperidine rings is 2. The number of rotatable bonds is 5. The van der Waals surface area contributed by atoms with Crippen molar-refractivity contribution in [3.63, 3.8) is 0 Å². The van der Waals surface area contributed by atoms with Crippen molar-refractivity contribution in [2.75, 3.05) is 39.3 Å². The van der Waals surface area contributed by atoms with E-state index in [1.54, 1.807) is 9.80 Å². The molecule has 9 heteroatoms. The van der Waals surface area contributed by atoms with Crippen LogP contribution in [-0.2, 0) is 14.3 Å². The standard InChI is InChI=1S/C17H32N2O3.C12H24N2O2/c1-16(2,3)14(20)18-10-7-13-8-11-19(12-9-13)15(21)22-17(4,5)6;1-12(2,3)16-11(15)14-8-5-10(4-7-13)6-9-14/h13H,7-12H2,1-6H3,(H,18,20);10H,4-9,13H2,1-3H3.